The summed E-state index contributed by atoms with van der Waals surface area (Å²) in [5.74, 6) is -0.227. The quantitative estimate of drug-likeness (QED) is 0.859. The maximum Gasteiger partial charge on any atom is 0.311 e. The van der Waals surface area contributed by atoms with Gasteiger partial charge in [-0.3, -0.25) is 4.79 Å². The molecule has 2 atom stereocenters. The van der Waals surface area contributed by atoms with E-state index in [1.807, 2.05) is 13.0 Å². The Balaban J connectivity index is 2.04. The Bertz CT molecular complexity index is 437. The zero-order valence-electron chi connectivity index (χ0n) is 9.37. The molecule has 5 heteroatoms. The maximum absolute atomic E-state index is 11.4. The average Bonchev–Trinajstić information content (AvgIpc) is 2.70. The number of nitrogens with one attached hydrogen (secondary N) is 1. The van der Waals surface area contributed by atoms with Gasteiger partial charge in [-0.05, 0) is 31.5 Å². The van der Waals surface area contributed by atoms with Crippen molar-refractivity contribution >= 4 is 34.9 Å². The summed E-state index contributed by atoms with van der Waals surface area (Å²) < 4.78 is 4.94. The number of hydrogen-bond donors (Lipinski definition) is 1. The third-order valence-electron chi connectivity index (χ3n) is 2.89. The van der Waals surface area contributed by atoms with Crippen LogP contribution in [0.4, 0.5) is 5.69 Å². The molecule has 2 unspecified atom stereocenters. The van der Waals surface area contributed by atoms with E-state index in [0.29, 0.717) is 16.7 Å². The van der Waals surface area contributed by atoms with Gasteiger partial charge in [-0.15, -0.1) is 0 Å². The largest absolute Gasteiger partial charge is 0.465 e. The Morgan fingerprint density at radius 2 is 2.18 bits per heavy atom. The Morgan fingerprint density at radius 1 is 1.41 bits per heavy atom. The molecule has 1 aliphatic heterocycles. The lowest BCUT2D eigenvalue weighted by atomic mass is 10.00. The summed E-state index contributed by atoms with van der Waals surface area (Å²) in [6.45, 7) is 2.47. The van der Waals surface area contributed by atoms with Gasteiger partial charge in [0.2, 0.25) is 0 Å². The van der Waals surface area contributed by atoms with Crippen molar-refractivity contribution in [3.8, 4) is 0 Å². The lowest BCUT2D eigenvalue weighted by Gasteiger charge is -2.19. The Kier molecular flexibility index (Phi) is 3.79. The minimum absolute atomic E-state index is 0.0160. The van der Waals surface area contributed by atoms with Crippen LogP contribution in [0.15, 0.2) is 18.2 Å². The highest BCUT2D eigenvalue weighted by Crippen LogP contribution is 2.27. The van der Waals surface area contributed by atoms with Crippen molar-refractivity contribution in [3.05, 3.63) is 28.2 Å². The van der Waals surface area contributed by atoms with E-state index >= 15 is 0 Å². The summed E-state index contributed by atoms with van der Waals surface area (Å²) in [5, 5.41) is 4.26. The van der Waals surface area contributed by atoms with Crippen LogP contribution in [-0.2, 0) is 9.53 Å². The van der Waals surface area contributed by atoms with Gasteiger partial charge in [0.15, 0.2) is 0 Å². The Labute approximate surface area is 110 Å². The number of carbonyl (C=O) groups excluding carboxylic acids is 1. The number of halogens is 2. The molecule has 0 radical (unpaired) electrons. The van der Waals surface area contributed by atoms with Crippen LogP contribution in [0.25, 0.3) is 0 Å². The van der Waals surface area contributed by atoms with Crippen molar-refractivity contribution in [1.82, 2.24) is 0 Å². The molecule has 1 saturated heterocycles. The average molecular weight is 274 g/mol. The van der Waals surface area contributed by atoms with Crippen LogP contribution in [0.5, 0.6) is 0 Å². The summed E-state index contributed by atoms with van der Waals surface area (Å²) >= 11 is 11.8. The summed E-state index contributed by atoms with van der Waals surface area (Å²) in [5.41, 5.74) is 0.853. The molecular weight excluding hydrogens is 261 g/mol. The van der Waals surface area contributed by atoms with E-state index in [-0.39, 0.29) is 17.9 Å². The molecule has 1 fully saturated rings. The van der Waals surface area contributed by atoms with Crippen LogP contribution in [0.1, 0.15) is 13.3 Å². The van der Waals surface area contributed by atoms with Crippen molar-refractivity contribution in [3.63, 3.8) is 0 Å². The molecule has 1 aliphatic rings. The first kappa shape index (κ1) is 12.5. The fraction of sp³-hybridized carbons (Fsp3) is 0.417. The smallest absolute Gasteiger partial charge is 0.311 e. The topological polar surface area (TPSA) is 38.3 Å². The van der Waals surface area contributed by atoms with Crippen molar-refractivity contribution in [2.45, 2.75) is 19.4 Å². The van der Waals surface area contributed by atoms with Crippen molar-refractivity contribution in [2.75, 3.05) is 11.9 Å². The second-order valence-electron chi connectivity index (χ2n) is 4.12. The molecule has 2 rings (SSSR count). The summed E-state index contributed by atoms with van der Waals surface area (Å²) in [4.78, 5) is 11.4. The van der Waals surface area contributed by atoms with E-state index in [0.717, 1.165) is 12.1 Å². The number of hydrogen-bond acceptors (Lipinski definition) is 3. The molecule has 0 aliphatic carbocycles. The first-order valence-corrected chi connectivity index (χ1v) is 6.22. The second kappa shape index (κ2) is 5.15. The highest BCUT2D eigenvalue weighted by Gasteiger charge is 2.31. The molecule has 1 aromatic carbocycles. The predicted molar refractivity (Wildman–Crippen MR) is 68.6 cm³/mol. The number of ether oxygens (including phenoxy) is 1. The SMILES string of the molecule is CC(Nc1ccc(Cl)c(Cl)c1)C1CCOC1=O. The van der Waals surface area contributed by atoms with Crippen molar-refractivity contribution in [1.29, 1.82) is 0 Å². The molecule has 0 saturated carbocycles. The lowest BCUT2D eigenvalue weighted by Crippen LogP contribution is -2.29. The summed E-state index contributed by atoms with van der Waals surface area (Å²) in [6.07, 6.45) is 0.758. The summed E-state index contributed by atoms with van der Waals surface area (Å²) in [7, 11) is 0. The monoisotopic (exact) mass is 273 g/mol. The minimum atomic E-state index is -0.134. The number of anilines is 1. The first-order valence-electron chi connectivity index (χ1n) is 5.46. The van der Waals surface area contributed by atoms with Crippen LogP contribution in [0, 0.1) is 5.92 Å². The third kappa shape index (κ3) is 2.85. The van der Waals surface area contributed by atoms with Gasteiger partial charge in [0.25, 0.3) is 0 Å². The lowest BCUT2D eigenvalue weighted by molar-refractivity contribution is -0.141. The number of cyclic esters (lactones) is 1. The standard InChI is InChI=1S/C12H13Cl2NO2/c1-7(9-4-5-17-12(9)16)15-8-2-3-10(13)11(14)6-8/h2-3,6-7,9,15H,4-5H2,1H3. The van der Waals surface area contributed by atoms with Gasteiger partial charge in [0.1, 0.15) is 0 Å². The van der Waals surface area contributed by atoms with Gasteiger partial charge >= 0.3 is 5.97 Å². The Morgan fingerprint density at radius 3 is 2.76 bits per heavy atom. The Hall–Kier alpha value is -0.930. The maximum atomic E-state index is 11.4. The van der Waals surface area contributed by atoms with E-state index in [1.54, 1.807) is 12.1 Å². The van der Waals surface area contributed by atoms with Gasteiger partial charge in [0, 0.05) is 11.7 Å². The van der Waals surface area contributed by atoms with Crippen LogP contribution >= 0.6 is 23.2 Å². The summed E-state index contributed by atoms with van der Waals surface area (Å²) in [6, 6.07) is 5.33. The fourth-order valence-electron chi connectivity index (χ4n) is 1.91. The molecule has 0 amide bonds. The number of benzene rings is 1. The second-order valence-corrected chi connectivity index (χ2v) is 4.94. The predicted octanol–water partition coefficient (Wildman–Crippen LogP) is 3.36. The van der Waals surface area contributed by atoms with Gasteiger partial charge in [-0.1, -0.05) is 23.2 Å². The zero-order valence-corrected chi connectivity index (χ0v) is 10.9. The minimum Gasteiger partial charge on any atom is -0.465 e. The molecule has 92 valence electrons. The van der Waals surface area contributed by atoms with Crippen LogP contribution < -0.4 is 5.32 Å². The highest BCUT2D eigenvalue weighted by atomic mass is 35.5. The normalized spacial score (nSPS) is 21.1. The highest BCUT2D eigenvalue weighted by molar-refractivity contribution is 6.42. The van der Waals surface area contributed by atoms with Crippen molar-refractivity contribution in [2.24, 2.45) is 5.92 Å². The van der Waals surface area contributed by atoms with Crippen LogP contribution in [-0.4, -0.2) is 18.6 Å². The molecule has 1 N–H and O–H groups in total. The van der Waals surface area contributed by atoms with Gasteiger partial charge in [-0.2, -0.15) is 0 Å². The van der Waals surface area contributed by atoms with E-state index in [4.69, 9.17) is 27.9 Å². The van der Waals surface area contributed by atoms with Crippen molar-refractivity contribution < 1.29 is 9.53 Å². The molecule has 1 aromatic rings. The van der Waals surface area contributed by atoms with E-state index in [1.165, 1.54) is 0 Å². The molecule has 0 aromatic heterocycles. The van der Waals surface area contributed by atoms with Crippen LogP contribution in [0.2, 0.25) is 10.0 Å². The van der Waals surface area contributed by atoms with E-state index in [9.17, 15) is 4.79 Å². The number of carbonyl (C=O) groups is 1. The van der Waals surface area contributed by atoms with Gasteiger partial charge < -0.3 is 10.1 Å². The third-order valence-corrected chi connectivity index (χ3v) is 3.63. The van der Waals surface area contributed by atoms with Crippen LogP contribution in [0.3, 0.4) is 0 Å². The molecule has 17 heavy (non-hydrogen) atoms. The van der Waals surface area contributed by atoms with E-state index < -0.39 is 0 Å². The van der Waals surface area contributed by atoms with Gasteiger partial charge in [0.05, 0.1) is 22.6 Å². The molecule has 0 spiro atoms. The molecule has 1 heterocycles. The fourth-order valence-corrected chi connectivity index (χ4v) is 2.21. The molecular formula is C12H13Cl2NO2. The van der Waals surface area contributed by atoms with E-state index in [2.05, 4.69) is 5.32 Å². The number of esters is 1. The van der Waals surface area contributed by atoms with Gasteiger partial charge in [-0.25, -0.2) is 0 Å². The molecule has 0 bridgehead atoms. The zero-order chi connectivity index (χ0) is 12.4. The molecule has 3 nitrogen and oxygen atoms in total. The first-order chi connectivity index (χ1) is 8.08. The number of rotatable bonds is 3.